The fourth-order valence-electron chi connectivity index (χ4n) is 2.86. The molecule has 1 saturated carbocycles. The molecule has 2 atom stereocenters. The van der Waals surface area contributed by atoms with Gasteiger partial charge in [-0.15, -0.1) is 0 Å². The summed E-state index contributed by atoms with van der Waals surface area (Å²) >= 11 is 6.10. The van der Waals surface area contributed by atoms with Gasteiger partial charge in [0, 0.05) is 17.5 Å². The number of carbonyl (C=O) groups is 1. The van der Waals surface area contributed by atoms with Gasteiger partial charge in [-0.3, -0.25) is 4.79 Å². The van der Waals surface area contributed by atoms with Crippen molar-refractivity contribution in [3.63, 3.8) is 0 Å². The topological polar surface area (TPSA) is 29.1 Å². The van der Waals surface area contributed by atoms with Crippen LogP contribution < -0.4 is 5.32 Å². The van der Waals surface area contributed by atoms with E-state index in [1.807, 2.05) is 19.1 Å². The fourth-order valence-corrected chi connectivity index (χ4v) is 3.06. The molecular formula is C17H24ClNO. The van der Waals surface area contributed by atoms with Gasteiger partial charge in [0.1, 0.15) is 0 Å². The minimum absolute atomic E-state index is 0.167. The van der Waals surface area contributed by atoms with E-state index in [2.05, 4.69) is 18.3 Å². The SMILES string of the molecule is Cc1ccc(CCC(=O)N[C@H]2CCCC[C@H]2C)cc1Cl. The summed E-state index contributed by atoms with van der Waals surface area (Å²) < 4.78 is 0. The maximum Gasteiger partial charge on any atom is 0.220 e. The van der Waals surface area contributed by atoms with Crippen molar-refractivity contribution in [2.45, 2.75) is 58.4 Å². The number of carbonyl (C=O) groups excluding carboxylic acids is 1. The van der Waals surface area contributed by atoms with Crippen molar-refractivity contribution in [3.05, 3.63) is 34.3 Å². The Bertz CT molecular complexity index is 472. The first-order chi connectivity index (χ1) is 9.56. The molecule has 1 aliphatic rings. The predicted octanol–water partition coefficient (Wildman–Crippen LogP) is 4.28. The molecule has 0 aromatic heterocycles. The lowest BCUT2D eigenvalue weighted by Gasteiger charge is -2.29. The van der Waals surface area contributed by atoms with Crippen LogP contribution in [0.3, 0.4) is 0 Å². The van der Waals surface area contributed by atoms with E-state index in [-0.39, 0.29) is 5.91 Å². The molecule has 110 valence electrons. The summed E-state index contributed by atoms with van der Waals surface area (Å²) in [5, 5.41) is 3.97. The second-order valence-corrected chi connectivity index (χ2v) is 6.43. The Hall–Kier alpha value is -1.02. The lowest BCUT2D eigenvalue weighted by molar-refractivity contribution is -0.122. The van der Waals surface area contributed by atoms with Crippen LogP contribution in [0.1, 0.15) is 50.2 Å². The molecule has 0 aliphatic heterocycles. The van der Waals surface area contributed by atoms with Gasteiger partial charge >= 0.3 is 0 Å². The number of aryl methyl sites for hydroxylation is 2. The highest BCUT2D eigenvalue weighted by atomic mass is 35.5. The van der Waals surface area contributed by atoms with E-state index in [0.717, 1.165) is 29.0 Å². The van der Waals surface area contributed by atoms with Gasteiger partial charge in [0.15, 0.2) is 0 Å². The molecule has 1 aromatic rings. The Morgan fingerprint density at radius 2 is 2.10 bits per heavy atom. The van der Waals surface area contributed by atoms with Crippen molar-refractivity contribution >= 4 is 17.5 Å². The lowest BCUT2D eigenvalue weighted by atomic mass is 9.86. The van der Waals surface area contributed by atoms with E-state index in [0.29, 0.717) is 18.4 Å². The van der Waals surface area contributed by atoms with Crippen molar-refractivity contribution in [2.75, 3.05) is 0 Å². The van der Waals surface area contributed by atoms with Crippen LogP contribution in [0.25, 0.3) is 0 Å². The molecule has 0 unspecified atom stereocenters. The molecule has 1 aromatic carbocycles. The van der Waals surface area contributed by atoms with Gasteiger partial charge in [0.25, 0.3) is 0 Å². The Morgan fingerprint density at radius 1 is 1.35 bits per heavy atom. The van der Waals surface area contributed by atoms with Gasteiger partial charge in [0.05, 0.1) is 0 Å². The molecule has 1 fully saturated rings. The lowest BCUT2D eigenvalue weighted by Crippen LogP contribution is -2.41. The van der Waals surface area contributed by atoms with E-state index in [4.69, 9.17) is 11.6 Å². The Morgan fingerprint density at radius 3 is 2.80 bits per heavy atom. The number of amides is 1. The maximum atomic E-state index is 12.0. The zero-order valence-corrected chi connectivity index (χ0v) is 13.2. The van der Waals surface area contributed by atoms with Gasteiger partial charge in [-0.25, -0.2) is 0 Å². The standard InChI is InChI=1S/C17H24ClNO/c1-12-7-8-14(11-15(12)18)9-10-17(20)19-16-6-4-3-5-13(16)2/h7-8,11,13,16H,3-6,9-10H2,1-2H3,(H,19,20)/t13-,16+/m1/s1. The summed E-state index contributed by atoms with van der Waals surface area (Å²) in [6.07, 6.45) is 6.20. The van der Waals surface area contributed by atoms with E-state index in [1.165, 1.54) is 19.3 Å². The summed E-state index contributed by atoms with van der Waals surface area (Å²) in [5.41, 5.74) is 2.21. The Kier molecular flexibility index (Phi) is 5.47. The summed E-state index contributed by atoms with van der Waals surface area (Å²) in [7, 11) is 0. The molecule has 0 heterocycles. The molecule has 0 spiro atoms. The average molecular weight is 294 g/mol. The van der Waals surface area contributed by atoms with E-state index >= 15 is 0 Å². The minimum Gasteiger partial charge on any atom is -0.353 e. The molecule has 0 bridgehead atoms. The number of hydrogen-bond donors (Lipinski definition) is 1. The maximum absolute atomic E-state index is 12.0. The molecule has 3 heteroatoms. The zero-order chi connectivity index (χ0) is 14.5. The summed E-state index contributed by atoms with van der Waals surface area (Å²) in [6.45, 7) is 4.23. The van der Waals surface area contributed by atoms with Crippen molar-refractivity contribution in [3.8, 4) is 0 Å². The predicted molar refractivity (Wildman–Crippen MR) is 84.1 cm³/mol. The zero-order valence-electron chi connectivity index (χ0n) is 12.4. The van der Waals surface area contributed by atoms with Crippen LogP contribution in [-0.4, -0.2) is 11.9 Å². The first kappa shape index (κ1) is 15.4. The van der Waals surface area contributed by atoms with Crippen LogP contribution in [-0.2, 0) is 11.2 Å². The highest BCUT2D eigenvalue weighted by Crippen LogP contribution is 2.24. The van der Waals surface area contributed by atoms with Crippen LogP contribution in [0.5, 0.6) is 0 Å². The van der Waals surface area contributed by atoms with Crippen LogP contribution >= 0.6 is 11.6 Å². The summed E-state index contributed by atoms with van der Waals surface area (Å²) in [6, 6.07) is 6.40. The average Bonchev–Trinajstić information content (AvgIpc) is 2.43. The normalized spacial score (nSPS) is 22.6. The molecule has 2 rings (SSSR count). The van der Waals surface area contributed by atoms with Gasteiger partial charge in [-0.1, -0.05) is 43.5 Å². The number of nitrogens with one attached hydrogen (secondary N) is 1. The van der Waals surface area contributed by atoms with Gasteiger partial charge < -0.3 is 5.32 Å². The third-order valence-electron chi connectivity index (χ3n) is 4.33. The third kappa shape index (κ3) is 4.24. The summed E-state index contributed by atoms with van der Waals surface area (Å²) in [4.78, 5) is 12.0. The van der Waals surface area contributed by atoms with Crippen molar-refractivity contribution in [1.29, 1.82) is 0 Å². The first-order valence-corrected chi connectivity index (χ1v) is 7.98. The van der Waals surface area contributed by atoms with E-state index in [9.17, 15) is 4.79 Å². The monoisotopic (exact) mass is 293 g/mol. The second-order valence-electron chi connectivity index (χ2n) is 6.02. The third-order valence-corrected chi connectivity index (χ3v) is 4.74. The minimum atomic E-state index is 0.167. The highest BCUT2D eigenvalue weighted by molar-refractivity contribution is 6.31. The van der Waals surface area contributed by atoms with Crippen LogP contribution in [0.2, 0.25) is 5.02 Å². The highest BCUT2D eigenvalue weighted by Gasteiger charge is 2.22. The number of benzene rings is 1. The Labute approximate surface area is 126 Å². The number of hydrogen-bond acceptors (Lipinski definition) is 1. The fraction of sp³-hybridized carbons (Fsp3) is 0.588. The van der Waals surface area contributed by atoms with Crippen molar-refractivity contribution in [1.82, 2.24) is 5.32 Å². The smallest absolute Gasteiger partial charge is 0.220 e. The number of rotatable bonds is 4. The molecule has 20 heavy (non-hydrogen) atoms. The second kappa shape index (κ2) is 7.12. The van der Waals surface area contributed by atoms with Gasteiger partial charge in [-0.05, 0) is 49.3 Å². The molecule has 1 N–H and O–H groups in total. The largest absolute Gasteiger partial charge is 0.353 e. The molecule has 0 radical (unpaired) electrons. The molecule has 2 nitrogen and oxygen atoms in total. The van der Waals surface area contributed by atoms with Gasteiger partial charge in [0.2, 0.25) is 5.91 Å². The van der Waals surface area contributed by atoms with Gasteiger partial charge in [-0.2, -0.15) is 0 Å². The van der Waals surface area contributed by atoms with E-state index < -0.39 is 0 Å². The van der Waals surface area contributed by atoms with E-state index in [1.54, 1.807) is 0 Å². The quantitative estimate of drug-likeness (QED) is 0.882. The molecule has 0 saturated heterocycles. The van der Waals surface area contributed by atoms with Crippen molar-refractivity contribution < 1.29 is 4.79 Å². The molecule has 1 aliphatic carbocycles. The van der Waals surface area contributed by atoms with Crippen LogP contribution in [0.4, 0.5) is 0 Å². The molecule has 1 amide bonds. The number of halogens is 1. The summed E-state index contributed by atoms with van der Waals surface area (Å²) in [5.74, 6) is 0.780. The molecular weight excluding hydrogens is 270 g/mol. The first-order valence-electron chi connectivity index (χ1n) is 7.60. The Balaban J connectivity index is 1.81. The van der Waals surface area contributed by atoms with Crippen LogP contribution in [0, 0.1) is 12.8 Å². The van der Waals surface area contributed by atoms with Crippen LogP contribution in [0.15, 0.2) is 18.2 Å². The van der Waals surface area contributed by atoms with Crippen molar-refractivity contribution in [2.24, 2.45) is 5.92 Å².